The number of aryl methyl sites for hydroxylation is 1. The number of aromatic amines is 1. The summed E-state index contributed by atoms with van der Waals surface area (Å²) >= 11 is 7.57. The van der Waals surface area contributed by atoms with Gasteiger partial charge in [0.2, 0.25) is 5.91 Å². The van der Waals surface area contributed by atoms with Gasteiger partial charge in [-0.1, -0.05) is 23.7 Å². The number of nitrogens with one attached hydrogen (secondary N) is 2. The van der Waals surface area contributed by atoms with Crippen LogP contribution in [0.4, 0.5) is 5.82 Å². The molecule has 6 heteroatoms. The topological polar surface area (TPSA) is 57.8 Å². The number of rotatable bonds is 1. The molecule has 3 rings (SSSR count). The van der Waals surface area contributed by atoms with E-state index < -0.39 is 0 Å². The van der Waals surface area contributed by atoms with Crippen LogP contribution in [0.1, 0.15) is 29.0 Å². The van der Waals surface area contributed by atoms with Gasteiger partial charge in [0.1, 0.15) is 0 Å². The minimum absolute atomic E-state index is 0.0146. The van der Waals surface area contributed by atoms with E-state index in [0.29, 0.717) is 10.8 Å². The summed E-state index contributed by atoms with van der Waals surface area (Å²) in [4.78, 5) is 12.0. The minimum atomic E-state index is -0.135. The first-order chi connectivity index (χ1) is 9.56. The first-order valence-corrected chi connectivity index (χ1v) is 7.65. The molecule has 0 bridgehead atoms. The van der Waals surface area contributed by atoms with Crippen LogP contribution in [0.5, 0.6) is 0 Å². The summed E-state index contributed by atoms with van der Waals surface area (Å²) in [5, 5.41) is 10.7. The summed E-state index contributed by atoms with van der Waals surface area (Å²) in [7, 11) is 0. The van der Waals surface area contributed by atoms with Crippen LogP contribution in [0.3, 0.4) is 0 Å². The number of carbonyl (C=O) groups excluding carboxylic acids is 1. The Bertz CT molecular complexity index is 653. The lowest BCUT2D eigenvalue weighted by Gasteiger charge is -2.17. The molecule has 0 saturated carbocycles. The van der Waals surface area contributed by atoms with Gasteiger partial charge >= 0.3 is 0 Å². The second-order valence-electron chi connectivity index (χ2n) is 4.81. The zero-order chi connectivity index (χ0) is 14.3. The Balaban J connectivity index is 2.10. The summed E-state index contributed by atoms with van der Waals surface area (Å²) < 4.78 is 0. The van der Waals surface area contributed by atoms with Gasteiger partial charge in [0.05, 0.1) is 10.5 Å². The Morgan fingerprint density at radius 1 is 1.30 bits per heavy atom. The van der Waals surface area contributed by atoms with E-state index in [0.717, 1.165) is 16.8 Å². The maximum Gasteiger partial charge on any atom is 0.238 e. The lowest BCUT2D eigenvalue weighted by Crippen LogP contribution is -2.21. The van der Waals surface area contributed by atoms with Gasteiger partial charge in [0.25, 0.3) is 0 Å². The Labute approximate surface area is 126 Å². The highest BCUT2D eigenvalue weighted by Crippen LogP contribution is 2.44. The highest BCUT2D eigenvalue weighted by atomic mass is 35.5. The van der Waals surface area contributed by atoms with Gasteiger partial charge in [-0.05, 0) is 31.5 Å². The molecule has 2 N–H and O–H groups in total. The van der Waals surface area contributed by atoms with Gasteiger partial charge in [0, 0.05) is 16.3 Å². The monoisotopic (exact) mass is 307 g/mol. The number of carbonyl (C=O) groups is 1. The van der Waals surface area contributed by atoms with Crippen molar-refractivity contribution in [1.29, 1.82) is 0 Å². The summed E-state index contributed by atoms with van der Waals surface area (Å²) in [6.07, 6.45) is 0. The number of amides is 1. The predicted molar refractivity (Wildman–Crippen MR) is 82.3 cm³/mol. The van der Waals surface area contributed by atoms with Crippen molar-refractivity contribution in [2.24, 2.45) is 0 Å². The third kappa shape index (κ3) is 2.31. The van der Waals surface area contributed by atoms with E-state index in [-0.39, 0.29) is 16.4 Å². The molecule has 0 aliphatic carbocycles. The zero-order valence-corrected chi connectivity index (χ0v) is 12.7. The normalized spacial score (nSPS) is 22.1. The first kappa shape index (κ1) is 13.5. The molecule has 4 nitrogen and oxygen atoms in total. The lowest BCUT2D eigenvalue weighted by molar-refractivity contribution is -0.115. The number of hydrogen-bond acceptors (Lipinski definition) is 3. The van der Waals surface area contributed by atoms with Crippen LogP contribution in [-0.4, -0.2) is 21.4 Å². The number of nitrogens with zero attached hydrogens (tertiary/aromatic N) is 1. The van der Waals surface area contributed by atoms with Crippen LogP contribution in [0, 0.1) is 6.92 Å². The number of aromatic nitrogens is 2. The lowest BCUT2D eigenvalue weighted by atomic mass is 10.0. The van der Waals surface area contributed by atoms with Crippen LogP contribution >= 0.6 is 23.4 Å². The first-order valence-electron chi connectivity index (χ1n) is 6.33. The third-order valence-corrected chi connectivity index (χ3v) is 5.03. The fraction of sp³-hybridized carbons (Fsp3) is 0.286. The van der Waals surface area contributed by atoms with Crippen molar-refractivity contribution in [3.63, 3.8) is 0 Å². The molecule has 1 aromatic carbocycles. The molecule has 0 fully saturated rings. The van der Waals surface area contributed by atoms with Gasteiger partial charge in [-0.2, -0.15) is 5.10 Å². The quantitative estimate of drug-likeness (QED) is 0.847. The molecule has 1 aliphatic heterocycles. The standard InChI is InChI=1S/C14H14ClN3OS/c1-7-11-12(9-3-5-10(15)6-4-9)20-8(2)14(19)16-13(11)18-17-7/h3-6,8,12H,1-2H3,(H2,16,17,18,19)/t8-,12+/m1/s1. The minimum Gasteiger partial charge on any atom is -0.308 e. The number of thioether (sulfide) groups is 1. The maximum absolute atomic E-state index is 12.0. The fourth-order valence-electron chi connectivity index (χ4n) is 2.29. The van der Waals surface area contributed by atoms with Crippen LogP contribution in [0.25, 0.3) is 0 Å². The van der Waals surface area contributed by atoms with E-state index in [2.05, 4.69) is 15.5 Å². The Morgan fingerprint density at radius 3 is 2.70 bits per heavy atom. The van der Waals surface area contributed by atoms with Crippen LogP contribution in [0.15, 0.2) is 24.3 Å². The van der Waals surface area contributed by atoms with Gasteiger partial charge in [-0.25, -0.2) is 0 Å². The van der Waals surface area contributed by atoms with E-state index >= 15 is 0 Å². The van der Waals surface area contributed by atoms with E-state index in [1.165, 1.54) is 0 Å². The molecule has 20 heavy (non-hydrogen) atoms. The SMILES string of the molecule is Cc1[nH]nc2c1[C@H](c1ccc(Cl)cc1)S[C@H](C)C(=O)N2. The molecule has 2 aromatic rings. The smallest absolute Gasteiger partial charge is 0.238 e. The molecule has 2 heterocycles. The molecule has 1 amide bonds. The average Bonchev–Trinajstić information content (AvgIpc) is 2.71. The van der Waals surface area contributed by atoms with E-state index in [1.807, 2.05) is 38.1 Å². The Kier molecular flexibility index (Phi) is 3.48. The Morgan fingerprint density at radius 2 is 2.00 bits per heavy atom. The molecule has 0 spiro atoms. The number of benzene rings is 1. The van der Waals surface area contributed by atoms with Crippen LogP contribution in [0.2, 0.25) is 5.02 Å². The molecular weight excluding hydrogens is 294 g/mol. The number of anilines is 1. The van der Waals surface area contributed by atoms with Gasteiger partial charge < -0.3 is 5.32 Å². The summed E-state index contributed by atoms with van der Waals surface area (Å²) in [6, 6.07) is 7.74. The molecule has 104 valence electrons. The van der Waals surface area contributed by atoms with Gasteiger partial charge in [0.15, 0.2) is 5.82 Å². The number of hydrogen-bond donors (Lipinski definition) is 2. The highest BCUT2D eigenvalue weighted by molar-refractivity contribution is 8.01. The molecule has 0 radical (unpaired) electrons. The number of halogens is 1. The second-order valence-corrected chi connectivity index (χ2v) is 6.70. The van der Waals surface area contributed by atoms with E-state index in [9.17, 15) is 4.79 Å². The largest absolute Gasteiger partial charge is 0.308 e. The zero-order valence-electron chi connectivity index (χ0n) is 11.1. The molecule has 0 unspecified atom stereocenters. The van der Waals surface area contributed by atoms with Crippen molar-refractivity contribution < 1.29 is 4.79 Å². The molecule has 1 aliphatic rings. The summed E-state index contributed by atoms with van der Waals surface area (Å²) in [5.74, 6) is 0.614. The third-order valence-electron chi connectivity index (χ3n) is 3.38. The molecule has 0 saturated heterocycles. The fourth-order valence-corrected chi connectivity index (χ4v) is 3.74. The molecule has 2 atom stereocenters. The van der Waals surface area contributed by atoms with E-state index in [4.69, 9.17) is 11.6 Å². The van der Waals surface area contributed by atoms with Crippen molar-refractivity contribution in [1.82, 2.24) is 10.2 Å². The van der Waals surface area contributed by atoms with E-state index in [1.54, 1.807) is 11.8 Å². The predicted octanol–water partition coefficient (Wildman–Crippen LogP) is 3.53. The van der Waals surface area contributed by atoms with Gasteiger partial charge in [-0.3, -0.25) is 9.89 Å². The maximum atomic E-state index is 12.0. The van der Waals surface area contributed by atoms with Gasteiger partial charge in [-0.15, -0.1) is 11.8 Å². The van der Waals surface area contributed by atoms with Crippen molar-refractivity contribution in [3.8, 4) is 0 Å². The van der Waals surface area contributed by atoms with Crippen molar-refractivity contribution >= 4 is 35.1 Å². The average molecular weight is 308 g/mol. The Hall–Kier alpha value is -1.46. The summed E-state index contributed by atoms with van der Waals surface area (Å²) in [5.41, 5.74) is 3.13. The second kappa shape index (κ2) is 5.14. The molecule has 1 aromatic heterocycles. The van der Waals surface area contributed by atoms with Crippen molar-refractivity contribution in [2.75, 3.05) is 5.32 Å². The van der Waals surface area contributed by atoms with Crippen LogP contribution < -0.4 is 5.32 Å². The number of fused-ring (bicyclic) bond motifs is 1. The number of H-pyrrole nitrogens is 1. The van der Waals surface area contributed by atoms with Crippen molar-refractivity contribution in [3.05, 3.63) is 46.1 Å². The van der Waals surface area contributed by atoms with Crippen molar-refractivity contribution in [2.45, 2.75) is 24.3 Å². The van der Waals surface area contributed by atoms with Crippen LogP contribution in [-0.2, 0) is 4.79 Å². The summed E-state index contributed by atoms with van der Waals surface area (Å²) in [6.45, 7) is 3.88. The molecular formula is C14H14ClN3OS. The highest BCUT2D eigenvalue weighted by Gasteiger charge is 2.31.